The van der Waals surface area contributed by atoms with Crippen LogP contribution in [0.4, 0.5) is 15.0 Å². The summed E-state index contributed by atoms with van der Waals surface area (Å²) < 4.78 is 19.3. The predicted molar refractivity (Wildman–Crippen MR) is 104 cm³/mol. The van der Waals surface area contributed by atoms with Crippen molar-refractivity contribution in [3.05, 3.63) is 22.9 Å². The molecule has 0 bridgehead atoms. The molecule has 0 radical (unpaired) electrons. The van der Waals surface area contributed by atoms with Gasteiger partial charge in [-0.2, -0.15) is 10.1 Å². The van der Waals surface area contributed by atoms with Gasteiger partial charge in [-0.1, -0.05) is 0 Å². The summed E-state index contributed by atoms with van der Waals surface area (Å²) in [4.78, 5) is 21.4. The molecular weight excluding hydrogens is 375 g/mol. The Morgan fingerprint density at radius 2 is 2.11 bits per heavy atom. The highest BCUT2D eigenvalue weighted by Crippen LogP contribution is 2.41. The van der Waals surface area contributed by atoms with Gasteiger partial charge in [0, 0.05) is 5.56 Å². The van der Waals surface area contributed by atoms with E-state index in [2.05, 4.69) is 32.2 Å². The Kier molecular flexibility index (Phi) is 5.65. The Hall–Kier alpha value is -2.42. The number of H-pyrrole nitrogens is 1. The summed E-state index contributed by atoms with van der Waals surface area (Å²) in [6.07, 6.45) is -0.447. The zero-order chi connectivity index (χ0) is 20.6. The largest absolute Gasteiger partial charge is 0.444 e. The minimum absolute atomic E-state index is 0.143. The van der Waals surface area contributed by atoms with E-state index in [0.717, 1.165) is 5.69 Å². The molecule has 0 fully saturated rings. The lowest BCUT2D eigenvalue weighted by Gasteiger charge is -2.33. The molecule has 1 aliphatic heterocycles. The van der Waals surface area contributed by atoms with Gasteiger partial charge in [-0.25, -0.2) is 14.2 Å². The van der Waals surface area contributed by atoms with E-state index >= 15 is 0 Å². The van der Waals surface area contributed by atoms with Gasteiger partial charge in [0.05, 0.1) is 17.8 Å². The van der Waals surface area contributed by atoms with E-state index in [1.165, 1.54) is 6.92 Å². The number of carbonyl (C=O) groups excluding carboxylic acids is 1. The van der Waals surface area contributed by atoms with Gasteiger partial charge in [-0.05, 0) is 59.9 Å². The number of nitrogens with zero attached hydrogens (tertiary/aromatic N) is 4. The van der Waals surface area contributed by atoms with Gasteiger partial charge in [0.1, 0.15) is 11.4 Å². The Labute approximate surface area is 162 Å². The summed E-state index contributed by atoms with van der Waals surface area (Å²) in [5, 5.41) is 9.68. The first kappa shape index (κ1) is 20.9. The highest BCUT2D eigenvalue weighted by molar-refractivity contribution is 6.65. The second kappa shape index (κ2) is 7.30. The molecule has 1 aliphatic rings. The Morgan fingerprint density at radius 3 is 2.63 bits per heavy atom. The highest BCUT2D eigenvalue weighted by Gasteiger charge is 2.45. The number of amidine groups is 1. The molecule has 27 heavy (non-hydrogen) atoms. The SMILES string of the molecule is C=NC(Cl)=N/C(Nc1n[nH]c2c1CN(C(=O)OC(C)(C)C)C2(C)C)=C(\C)F. The van der Waals surface area contributed by atoms with Crippen molar-refractivity contribution in [1.82, 2.24) is 15.1 Å². The average molecular weight is 399 g/mol. The maximum Gasteiger partial charge on any atom is 0.411 e. The average Bonchev–Trinajstić information content (AvgIpc) is 3.03. The van der Waals surface area contributed by atoms with Crippen LogP contribution in [0.15, 0.2) is 21.6 Å². The number of fused-ring (bicyclic) bond motifs is 1. The fourth-order valence-electron chi connectivity index (χ4n) is 2.66. The summed E-state index contributed by atoms with van der Waals surface area (Å²) in [7, 11) is 0. The van der Waals surface area contributed by atoms with Crippen LogP contribution in [0.2, 0.25) is 0 Å². The Bertz CT molecular complexity index is 818. The van der Waals surface area contributed by atoms with Gasteiger partial charge in [0.15, 0.2) is 11.6 Å². The van der Waals surface area contributed by atoms with Gasteiger partial charge >= 0.3 is 6.09 Å². The van der Waals surface area contributed by atoms with E-state index in [-0.39, 0.29) is 17.7 Å². The van der Waals surface area contributed by atoms with Crippen molar-refractivity contribution in [2.75, 3.05) is 5.32 Å². The van der Waals surface area contributed by atoms with Crippen LogP contribution in [0.3, 0.4) is 0 Å². The van der Waals surface area contributed by atoms with Crippen LogP contribution in [0.5, 0.6) is 0 Å². The van der Waals surface area contributed by atoms with Gasteiger partial charge in [0.25, 0.3) is 0 Å². The molecule has 0 aliphatic carbocycles. The van der Waals surface area contributed by atoms with E-state index in [1.54, 1.807) is 25.7 Å². The number of amides is 1. The van der Waals surface area contributed by atoms with Crippen molar-refractivity contribution < 1.29 is 13.9 Å². The number of aromatic nitrogens is 2. The van der Waals surface area contributed by atoms with Crippen LogP contribution in [-0.2, 0) is 16.8 Å². The summed E-state index contributed by atoms with van der Waals surface area (Å²) in [6.45, 7) is 13.9. The van der Waals surface area contributed by atoms with Crippen molar-refractivity contribution >= 4 is 35.5 Å². The third kappa shape index (κ3) is 4.47. The lowest BCUT2D eigenvalue weighted by molar-refractivity contribution is 0.00451. The molecule has 0 saturated carbocycles. The molecule has 0 saturated heterocycles. The number of allylic oxidation sites excluding steroid dienone is 1. The van der Waals surface area contributed by atoms with Crippen LogP contribution in [0.1, 0.15) is 52.8 Å². The number of halogens is 2. The zero-order valence-corrected chi connectivity index (χ0v) is 17.0. The van der Waals surface area contributed by atoms with Crippen molar-refractivity contribution in [3.8, 4) is 0 Å². The van der Waals surface area contributed by atoms with Gasteiger partial charge < -0.3 is 10.1 Å². The van der Waals surface area contributed by atoms with Crippen LogP contribution in [0, 0.1) is 0 Å². The van der Waals surface area contributed by atoms with Crippen molar-refractivity contribution in [2.45, 2.75) is 59.2 Å². The van der Waals surface area contributed by atoms with E-state index in [9.17, 15) is 9.18 Å². The number of ether oxygens (including phenoxy) is 1. The normalized spacial score (nSPS) is 17.3. The number of hydrogen-bond donors (Lipinski definition) is 2. The monoisotopic (exact) mass is 398 g/mol. The molecule has 2 N–H and O–H groups in total. The molecule has 10 heteroatoms. The van der Waals surface area contributed by atoms with E-state index < -0.39 is 23.1 Å². The summed E-state index contributed by atoms with van der Waals surface area (Å²) >= 11 is 5.72. The van der Waals surface area contributed by atoms with Crippen LogP contribution >= 0.6 is 11.6 Å². The van der Waals surface area contributed by atoms with Gasteiger partial charge in [0.2, 0.25) is 5.29 Å². The zero-order valence-electron chi connectivity index (χ0n) is 16.3. The highest BCUT2D eigenvalue weighted by atomic mass is 35.5. The van der Waals surface area contributed by atoms with Crippen molar-refractivity contribution in [3.63, 3.8) is 0 Å². The minimum Gasteiger partial charge on any atom is -0.444 e. The first-order chi connectivity index (χ1) is 12.4. The first-order valence-corrected chi connectivity index (χ1v) is 8.67. The fraction of sp³-hybridized carbons (Fsp3) is 0.529. The smallest absolute Gasteiger partial charge is 0.411 e. The second-order valence-corrected chi connectivity index (χ2v) is 7.94. The number of aromatic amines is 1. The summed E-state index contributed by atoms with van der Waals surface area (Å²) in [5.74, 6) is -0.404. The van der Waals surface area contributed by atoms with E-state index in [1.807, 2.05) is 13.8 Å². The van der Waals surface area contributed by atoms with Crippen LogP contribution in [-0.4, -0.2) is 38.8 Å². The summed E-state index contributed by atoms with van der Waals surface area (Å²) in [5.41, 5.74) is 0.141. The number of rotatable bonds is 3. The van der Waals surface area contributed by atoms with Gasteiger partial charge in [-0.3, -0.25) is 10.00 Å². The number of anilines is 1. The molecular formula is C17H24ClFN6O2. The molecule has 2 rings (SSSR count). The van der Waals surface area contributed by atoms with E-state index in [4.69, 9.17) is 16.3 Å². The quantitative estimate of drug-likeness (QED) is 0.451. The standard InChI is InChI=1S/C17H24ClFN6O2/c1-9(19)12(22-14(18)20-7)21-13-10-8-25(15(26)27-16(2,3)4)17(5,6)11(10)23-24-13/h7-8H2,1-6H3,(H2,21,23,24)/b12-9+,22-14?. The molecule has 8 nitrogen and oxygen atoms in total. The lowest BCUT2D eigenvalue weighted by atomic mass is 10.0. The third-order valence-electron chi connectivity index (χ3n) is 3.98. The maximum absolute atomic E-state index is 13.8. The third-order valence-corrected chi connectivity index (χ3v) is 4.19. The van der Waals surface area contributed by atoms with Gasteiger partial charge in [-0.15, -0.1) is 0 Å². The second-order valence-electron chi connectivity index (χ2n) is 7.60. The Balaban J connectivity index is 2.33. The number of carbonyl (C=O) groups is 1. The molecule has 1 aromatic heterocycles. The molecule has 148 valence electrons. The molecule has 0 unspecified atom stereocenters. The molecule has 0 atom stereocenters. The summed E-state index contributed by atoms with van der Waals surface area (Å²) in [6, 6.07) is 0. The predicted octanol–water partition coefficient (Wildman–Crippen LogP) is 4.26. The molecule has 1 aromatic rings. The Morgan fingerprint density at radius 1 is 1.48 bits per heavy atom. The van der Waals surface area contributed by atoms with Crippen LogP contribution < -0.4 is 5.32 Å². The first-order valence-electron chi connectivity index (χ1n) is 8.29. The molecule has 1 amide bonds. The van der Waals surface area contributed by atoms with E-state index in [0.29, 0.717) is 11.4 Å². The number of nitrogens with one attached hydrogen (secondary N) is 2. The lowest BCUT2D eigenvalue weighted by Crippen LogP contribution is -2.43. The number of aliphatic imine (C=N–C) groups is 2. The number of hydrogen-bond acceptors (Lipinski definition) is 5. The fourth-order valence-corrected chi connectivity index (χ4v) is 2.74. The van der Waals surface area contributed by atoms with Crippen LogP contribution in [0.25, 0.3) is 0 Å². The van der Waals surface area contributed by atoms with Crippen molar-refractivity contribution in [2.24, 2.45) is 9.98 Å². The molecule has 0 aromatic carbocycles. The topological polar surface area (TPSA) is 95.0 Å². The maximum atomic E-state index is 13.8. The van der Waals surface area contributed by atoms with Crippen molar-refractivity contribution in [1.29, 1.82) is 0 Å². The minimum atomic E-state index is -0.678. The molecule has 0 spiro atoms. The molecule has 2 heterocycles.